The van der Waals surface area contributed by atoms with E-state index in [4.69, 9.17) is 25.7 Å². The number of aromatic hydroxyl groups is 1. The van der Waals surface area contributed by atoms with Gasteiger partial charge in [0.25, 0.3) is 5.91 Å². The second kappa shape index (κ2) is 13.8. The SMILES string of the molecule is C[C@@H]1C/C=C/CC/C=C/C(=NOCC(=O)N2CCCCC2)Cc2c(Cl)c(O)cc(OP(=O)(O)O)c2C(=O)O1. The number of likely N-dealkylation sites (tertiary alicyclic amines) is 1. The largest absolute Gasteiger partial charge is 0.524 e. The number of phenols is 1. The van der Waals surface area contributed by atoms with Gasteiger partial charge in [-0.15, -0.1) is 0 Å². The van der Waals surface area contributed by atoms with Gasteiger partial charge in [-0.3, -0.25) is 14.6 Å². The minimum absolute atomic E-state index is 0.0331. The molecule has 0 radical (unpaired) electrons. The molecular weight excluding hydrogens is 539 g/mol. The number of rotatable bonds is 5. The number of esters is 1. The molecule has 13 heteroatoms. The summed E-state index contributed by atoms with van der Waals surface area (Å²) in [4.78, 5) is 51.5. The monoisotopic (exact) mass is 570 g/mol. The van der Waals surface area contributed by atoms with Gasteiger partial charge in [-0.2, -0.15) is 0 Å². The molecule has 11 nitrogen and oxygen atoms in total. The maximum Gasteiger partial charge on any atom is 0.524 e. The Morgan fingerprint density at radius 3 is 2.63 bits per heavy atom. The first-order valence-electron chi connectivity index (χ1n) is 12.3. The minimum atomic E-state index is -5.13. The average Bonchev–Trinajstić information content (AvgIpc) is 2.85. The third-order valence-corrected chi connectivity index (χ3v) is 6.77. The molecule has 0 aromatic heterocycles. The number of oxime groups is 1. The van der Waals surface area contributed by atoms with E-state index < -0.39 is 31.4 Å². The van der Waals surface area contributed by atoms with Gasteiger partial charge >= 0.3 is 13.8 Å². The maximum absolute atomic E-state index is 13.2. The number of phosphoric acid groups is 1. The van der Waals surface area contributed by atoms with Gasteiger partial charge in [0.2, 0.25) is 0 Å². The van der Waals surface area contributed by atoms with Gasteiger partial charge < -0.3 is 24.1 Å². The zero-order chi connectivity index (χ0) is 27.7. The van der Waals surface area contributed by atoms with Crippen molar-refractivity contribution < 1.29 is 43.1 Å². The van der Waals surface area contributed by atoms with Gasteiger partial charge in [-0.05, 0) is 50.7 Å². The van der Waals surface area contributed by atoms with Crippen molar-refractivity contribution in [2.75, 3.05) is 19.7 Å². The fraction of sp³-hybridized carbons (Fsp3) is 0.480. The van der Waals surface area contributed by atoms with E-state index in [0.717, 1.165) is 31.7 Å². The Kier molecular flexibility index (Phi) is 10.8. The van der Waals surface area contributed by atoms with E-state index in [9.17, 15) is 29.0 Å². The first kappa shape index (κ1) is 29.7. The van der Waals surface area contributed by atoms with Crippen LogP contribution in [0.25, 0.3) is 0 Å². The summed E-state index contributed by atoms with van der Waals surface area (Å²) < 4.78 is 21.8. The van der Waals surface area contributed by atoms with Crippen LogP contribution < -0.4 is 4.52 Å². The number of ether oxygens (including phenoxy) is 1. The lowest BCUT2D eigenvalue weighted by Crippen LogP contribution is -2.37. The molecule has 208 valence electrons. The second-order valence-corrected chi connectivity index (χ2v) is 10.6. The van der Waals surface area contributed by atoms with Crippen molar-refractivity contribution in [2.45, 2.75) is 58.0 Å². The second-order valence-electron chi connectivity index (χ2n) is 9.02. The number of carbonyl (C=O) groups is 2. The third kappa shape index (κ3) is 8.87. The Labute approximate surface area is 225 Å². The van der Waals surface area contributed by atoms with Crippen LogP contribution in [0.1, 0.15) is 61.4 Å². The Bertz CT molecular complexity index is 1160. The Balaban J connectivity index is 1.99. The molecule has 38 heavy (non-hydrogen) atoms. The van der Waals surface area contributed by atoms with Crippen LogP contribution in [-0.2, 0) is 25.4 Å². The highest BCUT2D eigenvalue weighted by Gasteiger charge is 2.30. The van der Waals surface area contributed by atoms with Gasteiger partial charge in [-0.25, -0.2) is 9.36 Å². The number of nitrogens with zero attached hydrogens (tertiary/aromatic N) is 2. The number of hydrogen-bond acceptors (Lipinski definition) is 8. The third-order valence-electron chi connectivity index (χ3n) is 5.92. The van der Waals surface area contributed by atoms with Crippen LogP contribution in [0.4, 0.5) is 0 Å². The molecule has 3 rings (SSSR count). The molecule has 2 aliphatic heterocycles. The number of fused-ring (bicyclic) bond motifs is 1. The van der Waals surface area contributed by atoms with Gasteiger partial charge in [0.05, 0.1) is 10.7 Å². The molecule has 2 heterocycles. The molecule has 0 saturated carbocycles. The fourth-order valence-electron chi connectivity index (χ4n) is 4.08. The lowest BCUT2D eigenvalue weighted by atomic mass is 9.99. The highest BCUT2D eigenvalue weighted by atomic mass is 35.5. The normalized spacial score (nSPS) is 22.1. The molecule has 1 saturated heterocycles. The number of cyclic esters (lactones) is 1. The smallest absolute Gasteiger partial charge is 0.506 e. The number of benzene rings is 1. The van der Waals surface area contributed by atoms with Crippen LogP contribution in [0.2, 0.25) is 5.02 Å². The summed E-state index contributed by atoms with van der Waals surface area (Å²) in [7, 11) is -5.13. The number of amides is 1. The number of phenolic OH excluding ortho intramolecular Hbond substituents is 1. The Hall–Kier alpha value is -2.85. The number of phosphoric ester groups is 1. The zero-order valence-corrected chi connectivity index (χ0v) is 22.7. The predicted octanol–water partition coefficient (Wildman–Crippen LogP) is 4.29. The quantitative estimate of drug-likeness (QED) is 0.203. The van der Waals surface area contributed by atoms with E-state index in [-0.39, 0.29) is 40.8 Å². The van der Waals surface area contributed by atoms with E-state index in [2.05, 4.69) is 5.16 Å². The molecular formula is C25H32ClN2O9P. The summed E-state index contributed by atoms with van der Waals surface area (Å²) in [6, 6.07) is 0.843. The average molecular weight is 571 g/mol. The van der Waals surface area contributed by atoms with Crippen LogP contribution in [-0.4, -0.2) is 63.2 Å². The topological polar surface area (TPSA) is 155 Å². The van der Waals surface area contributed by atoms with E-state index in [1.165, 1.54) is 0 Å². The van der Waals surface area contributed by atoms with Crippen LogP contribution in [0.15, 0.2) is 35.5 Å². The molecule has 0 spiro atoms. The molecule has 0 bridgehead atoms. The summed E-state index contributed by atoms with van der Waals surface area (Å²) >= 11 is 6.36. The fourth-order valence-corrected chi connectivity index (χ4v) is 4.69. The van der Waals surface area contributed by atoms with E-state index >= 15 is 0 Å². The highest BCUT2D eigenvalue weighted by molar-refractivity contribution is 7.46. The van der Waals surface area contributed by atoms with Crippen LogP contribution >= 0.6 is 19.4 Å². The van der Waals surface area contributed by atoms with Gasteiger partial charge in [0.1, 0.15) is 23.2 Å². The standard InChI is InChI=1S/C25H32ClN2O9P/c1-17-10-6-3-2-4-7-11-18(27-35-16-22(30)28-12-8-5-9-13-28)14-19-23(25(31)36-17)21(37-38(32,33)34)15-20(29)24(19)26/h3,6-7,11,15,17,29H,2,4-5,8-10,12-14,16H2,1H3,(H2,32,33,34)/b6-3+,11-7+,27-18?/t17-/m1/s1. The van der Waals surface area contributed by atoms with Gasteiger partial charge in [0, 0.05) is 32.0 Å². The molecule has 1 aromatic carbocycles. The molecule has 1 amide bonds. The van der Waals surface area contributed by atoms with Crippen molar-refractivity contribution in [3.8, 4) is 11.5 Å². The van der Waals surface area contributed by atoms with Crippen molar-refractivity contribution >= 4 is 37.0 Å². The van der Waals surface area contributed by atoms with Crippen molar-refractivity contribution in [1.29, 1.82) is 0 Å². The molecule has 1 fully saturated rings. The van der Waals surface area contributed by atoms with Crippen molar-refractivity contribution in [3.05, 3.63) is 46.5 Å². The summed E-state index contributed by atoms with van der Waals surface area (Å²) in [5, 5.41) is 14.2. The summed E-state index contributed by atoms with van der Waals surface area (Å²) in [5.41, 5.74) is -0.155. The minimum Gasteiger partial charge on any atom is -0.506 e. The number of hydrogen-bond donors (Lipinski definition) is 3. The molecule has 3 N–H and O–H groups in total. The van der Waals surface area contributed by atoms with Crippen molar-refractivity contribution in [1.82, 2.24) is 4.90 Å². The van der Waals surface area contributed by atoms with E-state index in [1.54, 1.807) is 17.9 Å². The summed E-state index contributed by atoms with van der Waals surface area (Å²) in [5.74, 6) is -2.31. The number of allylic oxidation sites excluding steroid dienone is 3. The number of piperidine rings is 1. The molecule has 2 aliphatic rings. The van der Waals surface area contributed by atoms with Crippen LogP contribution in [0.3, 0.4) is 0 Å². The number of halogens is 1. The van der Waals surface area contributed by atoms with Crippen LogP contribution in [0.5, 0.6) is 11.5 Å². The van der Waals surface area contributed by atoms with Gasteiger partial charge in [-0.1, -0.05) is 35.0 Å². The zero-order valence-electron chi connectivity index (χ0n) is 21.0. The first-order chi connectivity index (χ1) is 18.0. The van der Waals surface area contributed by atoms with E-state index in [1.807, 2.05) is 18.2 Å². The lowest BCUT2D eigenvalue weighted by Gasteiger charge is -2.26. The number of carbonyl (C=O) groups excluding carboxylic acids is 2. The Morgan fingerprint density at radius 2 is 1.92 bits per heavy atom. The molecule has 0 aliphatic carbocycles. The Morgan fingerprint density at radius 1 is 1.21 bits per heavy atom. The molecule has 1 atom stereocenters. The molecule has 0 unspecified atom stereocenters. The van der Waals surface area contributed by atoms with Crippen LogP contribution in [0, 0.1) is 0 Å². The molecule has 1 aromatic rings. The lowest BCUT2D eigenvalue weighted by molar-refractivity contribution is -0.137. The maximum atomic E-state index is 13.2. The van der Waals surface area contributed by atoms with Crippen molar-refractivity contribution in [2.24, 2.45) is 5.16 Å². The van der Waals surface area contributed by atoms with Crippen molar-refractivity contribution in [3.63, 3.8) is 0 Å². The summed E-state index contributed by atoms with van der Waals surface area (Å²) in [6.45, 7) is 2.71. The first-order valence-corrected chi connectivity index (χ1v) is 14.2. The highest BCUT2D eigenvalue weighted by Crippen LogP contribution is 2.45. The van der Waals surface area contributed by atoms with Gasteiger partial charge in [0.15, 0.2) is 6.61 Å². The summed E-state index contributed by atoms with van der Waals surface area (Å²) in [6.07, 6.45) is 11.2. The van der Waals surface area contributed by atoms with E-state index in [0.29, 0.717) is 25.9 Å². The predicted molar refractivity (Wildman–Crippen MR) is 140 cm³/mol.